The number of aryl methyl sites for hydroxylation is 2. The number of hydrogen-bond donors (Lipinski definition) is 1. The summed E-state index contributed by atoms with van der Waals surface area (Å²) in [5.41, 5.74) is 3.91. The topological polar surface area (TPSA) is 32.7 Å². The number of aliphatic hydroxyl groups excluding tert-OH is 1. The van der Waals surface area contributed by atoms with Gasteiger partial charge in [0.1, 0.15) is 0 Å². The number of rotatable bonds is 7. The average Bonchev–Trinajstić information content (AvgIpc) is 2.31. The lowest BCUT2D eigenvalue weighted by molar-refractivity contribution is 0.126. The van der Waals surface area contributed by atoms with E-state index in [1.54, 1.807) is 7.11 Å². The van der Waals surface area contributed by atoms with Crippen molar-refractivity contribution in [3.8, 4) is 0 Å². The molecule has 0 aliphatic heterocycles. The first kappa shape index (κ1) is 14.2. The van der Waals surface area contributed by atoms with E-state index in [0.717, 1.165) is 13.1 Å². The highest BCUT2D eigenvalue weighted by Gasteiger charge is 2.07. The molecule has 96 valence electrons. The fraction of sp³-hybridized carbons (Fsp3) is 0.571. The molecule has 1 aromatic carbocycles. The Labute approximate surface area is 104 Å². The van der Waals surface area contributed by atoms with Gasteiger partial charge < -0.3 is 9.84 Å². The van der Waals surface area contributed by atoms with Crippen LogP contribution in [-0.4, -0.2) is 43.4 Å². The molecular weight excluding hydrogens is 214 g/mol. The monoisotopic (exact) mass is 237 g/mol. The van der Waals surface area contributed by atoms with E-state index >= 15 is 0 Å². The van der Waals surface area contributed by atoms with Gasteiger partial charge in [-0.3, -0.25) is 4.90 Å². The van der Waals surface area contributed by atoms with E-state index in [1.807, 2.05) is 0 Å². The van der Waals surface area contributed by atoms with Crippen LogP contribution in [0.1, 0.15) is 16.7 Å². The highest BCUT2D eigenvalue weighted by atomic mass is 16.5. The Kier molecular flexibility index (Phi) is 6.19. The lowest BCUT2D eigenvalue weighted by atomic mass is 10.1. The summed E-state index contributed by atoms with van der Waals surface area (Å²) in [5.74, 6) is 0. The van der Waals surface area contributed by atoms with Crippen LogP contribution in [0.4, 0.5) is 0 Å². The molecule has 1 aromatic rings. The highest BCUT2D eigenvalue weighted by Crippen LogP contribution is 2.13. The predicted octanol–water partition coefficient (Wildman–Crippen LogP) is 1.74. The molecule has 3 nitrogen and oxygen atoms in total. The molecule has 0 spiro atoms. The molecule has 0 radical (unpaired) electrons. The van der Waals surface area contributed by atoms with E-state index in [4.69, 9.17) is 9.84 Å². The van der Waals surface area contributed by atoms with Gasteiger partial charge in [0.15, 0.2) is 0 Å². The maximum Gasteiger partial charge on any atom is 0.0589 e. The number of benzene rings is 1. The predicted molar refractivity (Wildman–Crippen MR) is 70.2 cm³/mol. The molecule has 1 N–H and O–H groups in total. The summed E-state index contributed by atoms with van der Waals surface area (Å²) in [6, 6.07) is 6.50. The van der Waals surface area contributed by atoms with Gasteiger partial charge in [-0.05, 0) is 25.0 Å². The standard InChI is InChI=1S/C14H23NO2/c1-12-4-5-13(2)14(10-12)11-15(6-8-16)7-9-17-3/h4-5,10,16H,6-9,11H2,1-3H3. The van der Waals surface area contributed by atoms with Crippen LogP contribution in [0.25, 0.3) is 0 Å². The van der Waals surface area contributed by atoms with Crippen molar-refractivity contribution >= 4 is 0 Å². The Hall–Kier alpha value is -0.900. The first-order valence-corrected chi connectivity index (χ1v) is 6.05. The average molecular weight is 237 g/mol. The summed E-state index contributed by atoms with van der Waals surface area (Å²) < 4.78 is 5.09. The van der Waals surface area contributed by atoms with Crippen molar-refractivity contribution in [2.24, 2.45) is 0 Å². The van der Waals surface area contributed by atoms with Gasteiger partial charge in [0.25, 0.3) is 0 Å². The Morgan fingerprint density at radius 1 is 1.24 bits per heavy atom. The van der Waals surface area contributed by atoms with Crippen molar-refractivity contribution in [2.75, 3.05) is 33.4 Å². The van der Waals surface area contributed by atoms with E-state index in [9.17, 15) is 0 Å². The van der Waals surface area contributed by atoms with Crippen LogP contribution in [0.3, 0.4) is 0 Å². The van der Waals surface area contributed by atoms with Crippen LogP contribution in [0, 0.1) is 13.8 Å². The molecule has 0 saturated heterocycles. The third kappa shape index (κ3) is 4.86. The zero-order valence-electron chi connectivity index (χ0n) is 11.1. The molecular formula is C14H23NO2. The lowest BCUT2D eigenvalue weighted by Crippen LogP contribution is -2.30. The zero-order chi connectivity index (χ0) is 12.7. The second-order valence-corrected chi connectivity index (χ2v) is 4.42. The molecule has 3 heteroatoms. The molecule has 0 amide bonds. The minimum Gasteiger partial charge on any atom is -0.395 e. The van der Waals surface area contributed by atoms with E-state index in [0.29, 0.717) is 13.2 Å². The summed E-state index contributed by atoms with van der Waals surface area (Å²) in [6.07, 6.45) is 0. The fourth-order valence-electron chi connectivity index (χ4n) is 1.84. The first-order chi connectivity index (χ1) is 8.17. The van der Waals surface area contributed by atoms with Crippen molar-refractivity contribution in [2.45, 2.75) is 20.4 Å². The molecule has 1 rings (SSSR count). The molecule has 0 aliphatic carbocycles. The second kappa shape index (κ2) is 7.43. The van der Waals surface area contributed by atoms with Gasteiger partial charge in [-0.15, -0.1) is 0 Å². The molecule has 0 fully saturated rings. The van der Waals surface area contributed by atoms with Crippen molar-refractivity contribution in [3.05, 3.63) is 34.9 Å². The van der Waals surface area contributed by atoms with E-state index in [2.05, 4.69) is 36.9 Å². The number of aliphatic hydroxyl groups is 1. The van der Waals surface area contributed by atoms with Gasteiger partial charge in [-0.2, -0.15) is 0 Å². The van der Waals surface area contributed by atoms with Gasteiger partial charge >= 0.3 is 0 Å². The van der Waals surface area contributed by atoms with Gasteiger partial charge in [0, 0.05) is 26.7 Å². The largest absolute Gasteiger partial charge is 0.395 e. The Balaban J connectivity index is 2.67. The van der Waals surface area contributed by atoms with Crippen molar-refractivity contribution in [3.63, 3.8) is 0 Å². The normalized spacial score (nSPS) is 11.1. The number of ether oxygens (including phenoxy) is 1. The number of hydrogen-bond acceptors (Lipinski definition) is 3. The Bertz CT molecular complexity index is 339. The van der Waals surface area contributed by atoms with Crippen LogP contribution in [0.5, 0.6) is 0 Å². The van der Waals surface area contributed by atoms with Crippen molar-refractivity contribution in [1.82, 2.24) is 4.90 Å². The first-order valence-electron chi connectivity index (χ1n) is 6.05. The van der Waals surface area contributed by atoms with Gasteiger partial charge in [0.2, 0.25) is 0 Å². The molecule has 0 unspecified atom stereocenters. The quantitative estimate of drug-likeness (QED) is 0.784. The third-order valence-electron chi connectivity index (χ3n) is 2.93. The van der Waals surface area contributed by atoms with Gasteiger partial charge in [-0.1, -0.05) is 23.8 Å². The zero-order valence-corrected chi connectivity index (χ0v) is 11.1. The van der Waals surface area contributed by atoms with Gasteiger partial charge in [0.05, 0.1) is 13.2 Å². The minimum absolute atomic E-state index is 0.189. The van der Waals surface area contributed by atoms with Crippen molar-refractivity contribution < 1.29 is 9.84 Å². The van der Waals surface area contributed by atoms with Gasteiger partial charge in [-0.25, -0.2) is 0 Å². The molecule has 0 atom stereocenters. The third-order valence-corrected chi connectivity index (χ3v) is 2.93. The number of nitrogens with zero attached hydrogens (tertiary/aromatic N) is 1. The smallest absolute Gasteiger partial charge is 0.0589 e. The van der Waals surface area contributed by atoms with E-state index in [-0.39, 0.29) is 6.61 Å². The van der Waals surface area contributed by atoms with Crippen LogP contribution in [0.15, 0.2) is 18.2 Å². The summed E-state index contributed by atoms with van der Waals surface area (Å²) in [6.45, 7) is 7.54. The molecule has 0 heterocycles. The molecule has 0 aliphatic rings. The lowest BCUT2D eigenvalue weighted by Gasteiger charge is -2.22. The summed E-state index contributed by atoms with van der Waals surface area (Å²) in [4.78, 5) is 2.21. The number of methoxy groups -OCH3 is 1. The van der Waals surface area contributed by atoms with Crippen LogP contribution < -0.4 is 0 Å². The Morgan fingerprint density at radius 3 is 2.65 bits per heavy atom. The molecule has 0 aromatic heterocycles. The van der Waals surface area contributed by atoms with Crippen LogP contribution in [0.2, 0.25) is 0 Å². The molecule has 0 bridgehead atoms. The van der Waals surface area contributed by atoms with Crippen LogP contribution in [-0.2, 0) is 11.3 Å². The molecule has 0 saturated carbocycles. The summed E-state index contributed by atoms with van der Waals surface area (Å²) in [5, 5.41) is 9.06. The van der Waals surface area contributed by atoms with E-state index in [1.165, 1.54) is 16.7 Å². The second-order valence-electron chi connectivity index (χ2n) is 4.42. The maximum absolute atomic E-state index is 9.06. The van der Waals surface area contributed by atoms with E-state index < -0.39 is 0 Å². The maximum atomic E-state index is 9.06. The highest BCUT2D eigenvalue weighted by molar-refractivity contribution is 5.30. The van der Waals surface area contributed by atoms with Crippen molar-refractivity contribution in [1.29, 1.82) is 0 Å². The minimum atomic E-state index is 0.189. The Morgan fingerprint density at radius 2 is 2.00 bits per heavy atom. The summed E-state index contributed by atoms with van der Waals surface area (Å²) >= 11 is 0. The molecule has 17 heavy (non-hydrogen) atoms. The fourth-order valence-corrected chi connectivity index (χ4v) is 1.84. The SMILES string of the molecule is COCCN(CCO)Cc1cc(C)ccc1C. The van der Waals surface area contributed by atoms with Crippen LogP contribution >= 0.6 is 0 Å². The summed E-state index contributed by atoms with van der Waals surface area (Å²) in [7, 11) is 1.70.